The Balaban J connectivity index is 1.31. The highest BCUT2D eigenvalue weighted by Gasteiger charge is 2.27. The molecule has 6 nitrogen and oxygen atoms in total. The fraction of sp³-hybridized carbons (Fsp3) is 0.346. The SMILES string of the molecule is Cc1ccc([C@@H](NC(=O)C2CCN(CCOc3ccncc3)CC2)c2ccccn2)cc1. The molecule has 1 aliphatic heterocycles. The molecule has 1 atom stereocenters. The van der Waals surface area contributed by atoms with E-state index in [1.807, 2.05) is 30.3 Å². The van der Waals surface area contributed by atoms with Crippen LogP contribution in [0.3, 0.4) is 0 Å². The third-order valence-corrected chi connectivity index (χ3v) is 5.97. The molecule has 4 rings (SSSR count). The molecule has 0 aliphatic carbocycles. The van der Waals surface area contributed by atoms with E-state index in [0.717, 1.165) is 49.5 Å². The molecule has 32 heavy (non-hydrogen) atoms. The van der Waals surface area contributed by atoms with Crippen molar-refractivity contribution < 1.29 is 9.53 Å². The molecule has 0 saturated carbocycles. The smallest absolute Gasteiger partial charge is 0.224 e. The summed E-state index contributed by atoms with van der Waals surface area (Å²) in [6.45, 7) is 5.35. The van der Waals surface area contributed by atoms with Crippen LogP contribution in [0.1, 0.15) is 35.7 Å². The van der Waals surface area contributed by atoms with Crippen LogP contribution in [0.15, 0.2) is 73.2 Å². The topological polar surface area (TPSA) is 67.4 Å². The summed E-state index contributed by atoms with van der Waals surface area (Å²) < 4.78 is 5.77. The Bertz CT molecular complexity index is 972. The molecule has 1 N–H and O–H groups in total. The summed E-state index contributed by atoms with van der Waals surface area (Å²) in [5.74, 6) is 0.962. The average Bonchev–Trinajstić information content (AvgIpc) is 2.85. The number of pyridine rings is 2. The highest BCUT2D eigenvalue weighted by molar-refractivity contribution is 5.79. The molecule has 1 fully saturated rings. The van der Waals surface area contributed by atoms with E-state index in [-0.39, 0.29) is 17.9 Å². The van der Waals surface area contributed by atoms with Gasteiger partial charge in [-0.2, -0.15) is 0 Å². The number of aromatic nitrogens is 2. The van der Waals surface area contributed by atoms with Crippen molar-refractivity contribution in [3.05, 3.63) is 90.0 Å². The van der Waals surface area contributed by atoms with Gasteiger partial charge in [-0.3, -0.25) is 19.7 Å². The Kier molecular flexibility index (Phi) is 7.46. The zero-order valence-corrected chi connectivity index (χ0v) is 18.5. The minimum atomic E-state index is -0.240. The first-order valence-corrected chi connectivity index (χ1v) is 11.2. The van der Waals surface area contributed by atoms with Crippen molar-refractivity contribution in [3.8, 4) is 5.75 Å². The zero-order valence-electron chi connectivity index (χ0n) is 18.5. The maximum Gasteiger partial charge on any atom is 0.224 e. The number of ether oxygens (including phenoxy) is 1. The summed E-state index contributed by atoms with van der Waals surface area (Å²) in [6, 6.07) is 17.6. The number of hydrogen-bond donors (Lipinski definition) is 1. The molecule has 3 heterocycles. The van der Waals surface area contributed by atoms with Crippen molar-refractivity contribution in [1.82, 2.24) is 20.2 Å². The molecule has 3 aromatic rings. The molecule has 2 aromatic heterocycles. The molecular weight excluding hydrogens is 400 g/mol. The predicted molar refractivity (Wildman–Crippen MR) is 124 cm³/mol. The van der Waals surface area contributed by atoms with E-state index in [9.17, 15) is 4.79 Å². The van der Waals surface area contributed by atoms with E-state index in [1.165, 1.54) is 5.56 Å². The molecule has 0 bridgehead atoms. The van der Waals surface area contributed by atoms with Crippen molar-refractivity contribution in [2.45, 2.75) is 25.8 Å². The molecule has 1 aromatic carbocycles. The number of nitrogens with one attached hydrogen (secondary N) is 1. The number of amides is 1. The predicted octanol–water partition coefficient (Wildman–Crippen LogP) is 3.78. The van der Waals surface area contributed by atoms with Crippen LogP contribution in [0.5, 0.6) is 5.75 Å². The molecule has 0 unspecified atom stereocenters. The van der Waals surface area contributed by atoms with Crippen LogP contribution in [0, 0.1) is 12.8 Å². The number of piperidine rings is 1. The van der Waals surface area contributed by atoms with Crippen molar-refractivity contribution in [2.24, 2.45) is 5.92 Å². The van der Waals surface area contributed by atoms with Crippen LogP contribution in [-0.2, 0) is 4.79 Å². The lowest BCUT2D eigenvalue weighted by Crippen LogP contribution is -2.42. The minimum Gasteiger partial charge on any atom is -0.492 e. The van der Waals surface area contributed by atoms with Gasteiger partial charge in [0.1, 0.15) is 12.4 Å². The summed E-state index contributed by atoms with van der Waals surface area (Å²) in [7, 11) is 0. The Morgan fingerprint density at radius 3 is 2.50 bits per heavy atom. The number of likely N-dealkylation sites (tertiary alicyclic amines) is 1. The first kappa shape index (κ1) is 22.0. The Hall–Kier alpha value is -3.25. The van der Waals surface area contributed by atoms with Crippen molar-refractivity contribution in [2.75, 3.05) is 26.2 Å². The largest absolute Gasteiger partial charge is 0.492 e. The average molecular weight is 431 g/mol. The number of carbonyl (C=O) groups is 1. The summed E-state index contributed by atoms with van der Waals surface area (Å²) in [4.78, 5) is 24.0. The van der Waals surface area contributed by atoms with Crippen LogP contribution in [0.25, 0.3) is 0 Å². The minimum absolute atomic E-state index is 0.0176. The fourth-order valence-corrected chi connectivity index (χ4v) is 4.04. The Morgan fingerprint density at radius 1 is 1.06 bits per heavy atom. The van der Waals surface area contributed by atoms with E-state index >= 15 is 0 Å². The van der Waals surface area contributed by atoms with Crippen molar-refractivity contribution in [1.29, 1.82) is 0 Å². The molecule has 0 radical (unpaired) electrons. The van der Waals surface area contributed by atoms with Gasteiger partial charge in [0.05, 0.1) is 11.7 Å². The highest BCUT2D eigenvalue weighted by atomic mass is 16.5. The van der Waals surface area contributed by atoms with Gasteiger partial charge < -0.3 is 10.1 Å². The van der Waals surface area contributed by atoms with Gasteiger partial charge in [0.15, 0.2) is 0 Å². The highest BCUT2D eigenvalue weighted by Crippen LogP contribution is 2.24. The number of nitrogens with zero attached hydrogens (tertiary/aromatic N) is 3. The number of hydrogen-bond acceptors (Lipinski definition) is 5. The van der Waals surface area contributed by atoms with E-state index in [2.05, 4.69) is 51.4 Å². The van der Waals surface area contributed by atoms with Gasteiger partial charge in [0.2, 0.25) is 5.91 Å². The fourth-order valence-electron chi connectivity index (χ4n) is 4.04. The standard InChI is InChI=1S/C26H30N4O2/c1-20-5-7-21(8-6-20)25(24-4-2-3-13-28-24)29-26(31)22-11-16-30(17-12-22)18-19-32-23-9-14-27-15-10-23/h2-10,13-15,22,25H,11-12,16-19H2,1H3,(H,29,31)/t25-/m1/s1. The van der Waals surface area contributed by atoms with E-state index in [4.69, 9.17) is 4.74 Å². The van der Waals surface area contributed by atoms with Crippen LogP contribution in [-0.4, -0.2) is 47.0 Å². The number of aryl methyl sites for hydroxylation is 1. The van der Waals surface area contributed by atoms with Gasteiger partial charge in [0.25, 0.3) is 0 Å². The quantitative estimate of drug-likeness (QED) is 0.589. The summed E-state index contributed by atoms with van der Waals surface area (Å²) in [5, 5.41) is 3.27. The lowest BCUT2D eigenvalue weighted by Gasteiger charge is -2.32. The van der Waals surface area contributed by atoms with E-state index < -0.39 is 0 Å². The van der Waals surface area contributed by atoms with E-state index in [0.29, 0.717) is 6.61 Å². The second-order valence-electron chi connectivity index (χ2n) is 8.25. The summed E-state index contributed by atoms with van der Waals surface area (Å²) in [5.41, 5.74) is 3.10. The molecule has 0 spiro atoms. The maximum absolute atomic E-state index is 13.1. The van der Waals surface area contributed by atoms with Gasteiger partial charge in [-0.1, -0.05) is 35.9 Å². The lowest BCUT2D eigenvalue weighted by atomic mass is 9.94. The van der Waals surface area contributed by atoms with Crippen molar-refractivity contribution in [3.63, 3.8) is 0 Å². The summed E-state index contributed by atoms with van der Waals surface area (Å²) in [6.07, 6.45) is 6.94. The Labute approximate surface area is 189 Å². The third-order valence-electron chi connectivity index (χ3n) is 5.97. The third kappa shape index (κ3) is 5.92. The van der Waals surface area contributed by atoms with Gasteiger partial charge in [-0.25, -0.2) is 0 Å². The first-order chi connectivity index (χ1) is 15.7. The van der Waals surface area contributed by atoms with Crippen LogP contribution in [0.2, 0.25) is 0 Å². The monoisotopic (exact) mass is 430 g/mol. The molecule has 1 aliphatic rings. The molecule has 166 valence electrons. The number of benzene rings is 1. The van der Waals surface area contributed by atoms with Gasteiger partial charge in [0, 0.05) is 31.1 Å². The lowest BCUT2D eigenvalue weighted by molar-refractivity contribution is -0.127. The molecule has 6 heteroatoms. The second kappa shape index (κ2) is 10.9. The molecular formula is C26H30N4O2. The van der Waals surface area contributed by atoms with E-state index in [1.54, 1.807) is 18.6 Å². The summed E-state index contributed by atoms with van der Waals surface area (Å²) >= 11 is 0. The maximum atomic E-state index is 13.1. The van der Waals surface area contributed by atoms with Gasteiger partial charge >= 0.3 is 0 Å². The number of rotatable bonds is 8. The van der Waals surface area contributed by atoms with Crippen molar-refractivity contribution >= 4 is 5.91 Å². The van der Waals surface area contributed by atoms with Crippen LogP contribution in [0.4, 0.5) is 0 Å². The second-order valence-corrected chi connectivity index (χ2v) is 8.25. The molecule has 1 saturated heterocycles. The number of carbonyl (C=O) groups excluding carboxylic acids is 1. The normalized spacial score (nSPS) is 15.8. The first-order valence-electron chi connectivity index (χ1n) is 11.2. The van der Waals surface area contributed by atoms with Crippen LogP contribution >= 0.6 is 0 Å². The zero-order chi connectivity index (χ0) is 22.2. The molecule has 1 amide bonds. The van der Waals surface area contributed by atoms with Gasteiger partial charge in [-0.05, 0) is 62.7 Å². The van der Waals surface area contributed by atoms with Gasteiger partial charge in [-0.15, -0.1) is 0 Å². The Morgan fingerprint density at radius 2 is 1.81 bits per heavy atom. The van der Waals surface area contributed by atoms with Crippen LogP contribution < -0.4 is 10.1 Å².